The van der Waals surface area contributed by atoms with E-state index in [1.54, 1.807) is 7.05 Å². The van der Waals surface area contributed by atoms with Gasteiger partial charge in [0.2, 0.25) is 0 Å². The highest BCUT2D eigenvalue weighted by Crippen LogP contribution is 2.40. The second-order valence-electron chi connectivity index (χ2n) is 5.88. The van der Waals surface area contributed by atoms with Crippen LogP contribution >= 0.6 is 0 Å². The number of aromatic nitrogens is 2. The van der Waals surface area contributed by atoms with Crippen LogP contribution < -0.4 is 16.6 Å². The average Bonchev–Trinajstić information content (AvgIpc) is 2.37. The van der Waals surface area contributed by atoms with Crippen LogP contribution in [-0.4, -0.2) is 26.4 Å². The molecule has 2 rings (SSSR count). The molecule has 2 atom stereocenters. The lowest BCUT2D eigenvalue weighted by molar-refractivity contribution is -0.0731. The van der Waals surface area contributed by atoms with Crippen LogP contribution in [0, 0.1) is 5.41 Å². The lowest BCUT2D eigenvalue weighted by atomic mass is 9.64. The lowest BCUT2D eigenvalue weighted by Crippen LogP contribution is -2.59. The predicted octanol–water partition coefficient (Wildman–Crippen LogP) is -0.667. The van der Waals surface area contributed by atoms with Crippen molar-refractivity contribution in [1.82, 2.24) is 14.5 Å². The first-order valence-electron chi connectivity index (χ1n) is 6.42. The Bertz CT molecular complexity index is 600. The molecule has 1 aliphatic carbocycles. The molecule has 19 heavy (non-hydrogen) atoms. The quantitative estimate of drug-likeness (QED) is 0.762. The Morgan fingerprint density at radius 3 is 2.53 bits per heavy atom. The lowest BCUT2D eigenvalue weighted by Gasteiger charge is -2.49. The predicted molar refractivity (Wildman–Crippen MR) is 72.0 cm³/mol. The third-order valence-corrected chi connectivity index (χ3v) is 4.37. The molecule has 1 aromatic heterocycles. The van der Waals surface area contributed by atoms with Crippen molar-refractivity contribution < 1.29 is 5.11 Å². The van der Waals surface area contributed by atoms with Crippen molar-refractivity contribution in [2.75, 3.05) is 0 Å². The van der Waals surface area contributed by atoms with Crippen molar-refractivity contribution in [1.29, 1.82) is 0 Å². The van der Waals surface area contributed by atoms with Gasteiger partial charge in [-0.1, -0.05) is 13.8 Å². The molecule has 0 aromatic carbocycles. The first kappa shape index (κ1) is 14.0. The van der Waals surface area contributed by atoms with Gasteiger partial charge in [-0.05, 0) is 6.42 Å². The van der Waals surface area contributed by atoms with Gasteiger partial charge in [-0.2, -0.15) is 0 Å². The third-order valence-electron chi connectivity index (χ3n) is 4.37. The SMILES string of the molecule is Cn1c(CNC2CC(O)C2(C)C)cc(=O)n(C)c1=O. The van der Waals surface area contributed by atoms with Crippen molar-refractivity contribution in [2.45, 2.75) is 39.0 Å². The van der Waals surface area contributed by atoms with Crippen molar-refractivity contribution in [3.05, 3.63) is 32.6 Å². The maximum atomic E-state index is 11.8. The molecule has 6 heteroatoms. The average molecular weight is 267 g/mol. The highest BCUT2D eigenvalue weighted by Gasteiger charge is 2.46. The first-order valence-corrected chi connectivity index (χ1v) is 6.42. The second-order valence-corrected chi connectivity index (χ2v) is 5.88. The fourth-order valence-corrected chi connectivity index (χ4v) is 2.42. The molecule has 0 radical (unpaired) electrons. The topological polar surface area (TPSA) is 76.3 Å². The monoisotopic (exact) mass is 267 g/mol. The Morgan fingerprint density at radius 2 is 2.00 bits per heavy atom. The van der Waals surface area contributed by atoms with Crippen LogP contribution in [0.5, 0.6) is 0 Å². The molecular formula is C13H21N3O3. The first-order chi connectivity index (χ1) is 8.75. The van der Waals surface area contributed by atoms with Crippen molar-refractivity contribution >= 4 is 0 Å². The largest absolute Gasteiger partial charge is 0.392 e. The van der Waals surface area contributed by atoms with Gasteiger partial charge in [-0.15, -0.1) is 0 Å². The highest BCUT2D eigenvalue weighted by atomic mass is 16.3. The van der Waals surface area contributed by atoms with Gasteiger partial charge >= 0.3 is 5.69 Å². The van der Waals surface area contributed by atoms with Crippen LogP contribution in [0.1, 0.15) is 26.0 Å². The molecule has 1 fully saturated rings. The number of hydrogen-bond donors (Lipinski definition) is 2. The molecule has 1 aliphatic rings. The van der Waals surface area contributed by atoms with Gasteiger partial charge in [0.25, 0.3) is 5.56 Å². The van der Waals surface area contributed by atoms with Crippen molar-refractivity contribution in [2.24, 2.45) is 19.5 Å². The number of aliphatic hydroxyl groups is 1. The zero-order valence-electron chi connectivity index (χ0n) is 11.8. The van der Waals surface area contributed by atoms with Gasteiger partial charge in [-0.25, -0.2) is 4.79 Å². The van der Waals surface area contributed by atoms with Gasteiger partial charge in [0.1, 0.15) is 0 Å². The van der Waals surface area contributed by atoms with E-state index in [1.807, 2.05) is 13.8 Å². The van der Waals surface area contributed by atoms with E-state index in [0.29, 0.717) is 18.7 Å². The minimum absolute atomic E-state index is 0.168. The smallest absolute Gasteiger partial charge is 0.330 e. The second kappa shape index (κ2) is 4.61. The number of nitrogens with zero attached hydrogens (tertiary/aromatic N) is 2. The van der Waals surface area contributed by atoms with Gasteiger partial charge in [-0.3, -0.25) is 13.9 Å². The van der Waals surface area contributed by atoms with Crippen LogP contribution in [0.15, 0.2) is 15.7 Å². The molecule has 0 bridgehead atoms. The van der Waals surface area contributed by atoms with E-state index in [2.05, 4.69) is 5.32 Å². The summed E-state index contributed by atoms with van der Waals surface area (Å²) < 4.78 is 2.55. The summed E-state index contributed by atoms with van der Waals surface area (Å²) in [6, 6.07) is 1.66. The summed E-state index contributed by atoms with van der Waals surface area (Å²) >= 11 is 0. The van der Waals surface area contributed by atoms with Gasteiger partial charge in [0.15, 0.2) is 0 Å². The highest BCUT2D eigenvalue weighted by molar-refractivity contribution is 5.06. The third kappa shape index (κ3) is 2.26. The molecule has 106 valence electrons. The molecule has 0 saturated heterocycles. The summed E-state index contributed by atoms with van der Waals surface area (Å²) in [5.74, 6) is 0. The van der Waals surface area contributed by atoms with Gasteiger partial charge in [0.05, 0.1) is 6.10 Å². The molecule has 1 aromatic rings. The zero-order valence-corrected chi connectivity index (χ0v) is 11.8. The summed E-state index contributed by atoms with van der Waals surface area (Å²) in [5.41, 5.74) is -0.131. The summed E-state index contributed by atoms with van der Waals surface area (Å²) in [6.07, 6.45) is 0.406. The summed E-state index contributed by atoms with van der Waals surface area (Å²) in [6.45, 7) is 4.45. The maximum absolute atomic E-state index is 11.8. The Kier molecular flexibility index (Phi) is 3.40. The zero-order chi connectivity index (χ0) is 14.4. The fourth-order valence-electron chi connectivity index (χ4n) is 2.42. The Labute approximate surface area is 111 Å². The van der Waals surface area contributed by atoms with Crippen molar-refractivity contribution in [3.8, 4) is 0 Å². The molecule has 2 unspecified atom stereocenters. The van der Waals surface area contributed by atoms with E-state index in [4.69, 9.17) is 0 Å². The number of aliphatic hydroxyl groups excluding tert-OH is 1. The number of rotatable bonds is 3. The molecule has 0 spiro atoms. The van der Waals surface area contributed by atoms with E-state index < -0.39 is 0 Å². The number of nitrogens with one attached hydrogen (secondary N) is 1. The standard InChI is InChI=1S/C13H21N3O3/c1-13(2)9(6-10(13)17)14-7-8-5-11(18)16(4)12(19)15(8)3/h5,9-10,14,17H,6-7H2,1-4H3. The van der Waals surface area contributed by atoms with E-state index in [9.17, 15) is 14.7 Å². The maximum Gasteiger partial charge on any atom is 0.330 e. The molecule has 1 saturated carbocycles. The van der Waals surface area contributed by atoms with E-state index in [0.717, 1.165) is 4.57 Å². The molecule has 2 N–H and O–H groups in total. The Morgan fingerprint density at radius 1 is 1.37 bits per heavy atom. The van der Waals surface area contributed by atoms with Crippen LogP contribution in [0.3, 0.4) is 0 Å². The summed E-state index contributed by atoms with van der Waals surface area (Å²) in [5, 5.41) is 13.0. The van der Waals surface area contributed by atoms with Crippen LogP contribution in [0.2, 0.25) is 0 Å². The Hall–Kier alpha value is -1.40. The van der Waals surface area contributed by atoms with Crippen LogP contribution in [-0.2, 0) is 20.6 Å². The molecule has 1 heterocycles. The van der Waals surface area contributed by atoms with Gasteiger partial charge in [0, 0.05) is 43.9 Å². The molecule has 6 nitrogen and oxygen atoms in total. The normalized spacial score (nSPS) is 25.1. The van der Waals surface area contributed by atoms with Crippen molar-refractivity contribution in [3.63, 3.8) is 0 Å². The fraction of sp³-hybridized carbons (Fsp3) is 0.692. The molecular weight excluding hydrogens is 246 g/mol. The van der Waals surface area contributed by atoms with E-state index in [-0.39, 0.29) is 28.8 Å². The van der Waals surface area contributed by atoms with E-state index in [1.165, 1.54) is 17.7 Å². The molecule has 0 aliphatic heterocycles. The Balaban J connectivity index is 2.14. The van der Waals surface area contributed by atoms with Crippen LogP contribution in [0.25, 0.3) is 0 Å². The van der Waals surface area contributed by atoms with Crippen LogP contribution in [0.4, 0.5) is 0 Å². The summed E-state index contributed by atoms with van der Waals surface area (Å²) in [7, 11) is 3.12. The molecule has 0 amide bonds. The summed E-state index contributed by atoms with van der Waals surface area (Å²) in [4.78, 5) is 23.4. The van der Waals surface area contributed by atoms with Gasteiger partial charge < -0.3 is 10.4 Å². The number of hydrogen-bond acceptors (Lipinski definition) is 4. The minimum Gasteiger partial charge on any atom is -0.392 e. The van der Waals surface area contributed by atoms with E-state index >= 15 is 0 Å². The minimum atomic E-state index is -0.322.